The molecule has 0 spiro atoms. The van der Waals surface area contributed by atoms with E-state index >= 15 is 0 Å². The lowest BCUT2D eigenvalue weighted by Crippen LogP contribution is -1.96. The molecule has 0 bridgehead atoms. The van der Waals surface area contributed by atoms with Crippen molar-refractivity contribution in [1.82, 2.24) is 4.57 Å². The van der Waals surface area contributed by atoms with Gasteiger partial charge in [-0.2, -0.15) is 0 Å². The lowest BCUT2D eigenvalue weighted by atomic mass is 10.0. The monoisotopic (exact) mass is 465 g/mol. The van der Waals surface area contributed by atoms with E-state index in [1.807, 2.05) is 0 Å². The minimum Gasteiger partial charge on any atom is -0.456 e. The molecule has 3 aromatic heterocycles. The molecule has 5 aromatic carbocycles. The Morgan fingerprint density at radius 2 is 1.14 bits per heavy atom. The van der Waals surface area contributed by atoms with Crippen LogP contribution in [0.5, 0.6) is 0 Å². The summed E-state index contributed by atoms with van der Waals surface area (Å²) in [6.45, 7) is 6.44. The molecule has 0 atom stereocenters. The quantitative estimate of drug-likeness (QED) is 0.242. The van der Waals surface area contributed by atoms with Crippen LogP contribution in [0, 0.1) is 20.8 Å². The molecule has 0 amide bonds. The number of hydrogen-bond donors (Lipinski definition) is 0. The zero-order valence-corrected chi connectivity index (χ0v) is 20.3. The third-order valence-electron chi connectivity index (χ3n) is 7.83. The minimum absolute atomic E-state index is 0.862. The van der Waals surface area contributed by atoms with E-state index in [9.17, 15) is 0 Å². The second-order valence-electron chi connectivity index (χ2n) is 9.96. The maximum absolute atomic E-state index is 6.56. The number of rotatable bonds is 1. The van der Waals surface area contributed by atoms with Crippen LogP contribution in [0.3, 0.4) is 0 Å². The van der Waals surface area contributed by atoms with Crippen molar-refractivity contribution in [1.29, 1.82) is 0 Å². The van der Waals surface area contributed by atoms with Gasteiger partial charge in [0.05, 0.1) is 16.4 Å². The molecule has 36 heavy (non-hydrogen) atoms. The number of aromatic nitrogens is 1. The Morgan fingerprint density at radius 1 is 0.500 bits per heavy atom. The zero-order valence-electron chi connectivity index (χ0n) is 20.3. The van der Waals surface area contributed by atoms with E-state index in [1.54, 1.807) is 0 Å². The number of aryl methyl sites for hydroxylation is 3. The van der Waals surface area contributed by atoms with E-state index in [0.717, 1.165) is 43.9 Å². The summed E-state index contributed by atoms with van der Waals surface area (Å²) in [5.41, 5.74) is 10.8. The van der Waals surface area contributed by atoms with Crippen molar-refractivity contribution in [2.24, 2.45) is 0 Å². The molecule has 0 aliphatic carbocycles. The molecule has 8 rings (SSSR count). The summed E-state index contributed by atoms with van der Waals surface area (Å²) in [6, 6.07) is 30.3. The molecule has 3 heteroatoms. The smallest absolute Gasteiger partial charge is 0.147 e. The largest absolute Gasteiger partial charge is 0.456 e. The predicted molar refractivity (Wildman–Crippen MR) is 150 cm³/mol. The van der Waals surface area contributed by atoms with Gasteiger partial charge in [-0.3, -0.25) is 0 Å². The minimum atomic E-state index is 0.862. The van der Waals surface area contributed by atoms with E-state index in [4.69, 9.17) is 8.83 Å². The van der Waals surface area contributed by atoms with E-state index in [1.165, 1.54) is 44.2 Å². The number of nitrogens with zero attached hydrogens (tertiary/aromatic N) is 1. The molecule has 0 aliphatic rings. The number of benzene rings is 5. The summed E-state index contributed by atoms with van der Waals surface area (Å²) >= 11 is 0. The summed E-state index contributed by atoms with van der Waals surface area (Å²) in [4.78, 5) is 0. The molecule has 0 N–H and O–H groups in total. The average molecular weight is 466 g/mol. The van der Waals surface area contributed by atoms with Crippen molar-refractivity contribution in [2.75, 3.05) is 0 Å². The van der Waals surface area contributed by atoms with Crippen molar-refractivity contribution in [3.8, 4) is 5.69 Å². The van der Waals surface area contributed by atoms with E-state index < -0.39 is 0 Å². The molecule has 0 saturated carbocycles. The maximum Gasteiger partial charge on any atom is 0.147 e. The molecule has 3 heterocycles. The van der Waals surface area contributed by atoms with Crippen molar-refractivity contribution < 1.29 is 8.83 Å². The van der Waals surface area contributed by atoms with Crippen LogP contribution in [-0.2, 0) is 0 Å². The van der Waals surface area contributed by atoms with Gasteiger partial charge in [0.15, 0.2) is 0 Å². The standard InChI is InChI=1S/C33H23NO2/c1-18-14-25-31(15-19(18)2)35-29-13-12-23-24-17-28(20(3)16-30(24)36-33(23)32(25)29)34-26-10-6-4-8-21(26)22-9-5-7-11-27(22)34/h4-17H,1-3H3. The molecular formula is C33H23NO2. The highest BCUT2D eigenvalue weighted by atomic mass is 16.3. The van der Waals surface area contributed by atoms with Crippen LogP contribution in [0.25, 0.3) is 71.4 Å². The molecule has 0 fully saturated rings. The Hall–Kier alpha value is -4.50. The Morgan fingerprint density at radius 3 is 1.89 bits per heavy atom. The van der Waals surface area contributed by atoms with Crippen LogP contribution in [0.1, 0.15) is 16.7 Å². The van der Waals surface area contributed by atoms with Crippen LogP contribution in [-0.4, -0.2) is 4.57 Å². The van der Waals surface area contributed by atoms with Gasteiger partial charge in [-0.15, -0.1) is 0 Å². The predicted octanol–water partition coefficient (Wildman–Crippen LogP) is 9.51. The van der Waals surface area contributed by atoms with Crippen molar-refractivity contribution in [2.45, 2.75) is 20.8 Å². The summed E-state index contributed by atoms with van der Waals surface area (Å²) in [7, 11) is 0. The summed E-state index contributed by atoms with van der Waals surface area (Å²) in [5.74, 6) is 0. The normalized spacial score (nSPS) is 12.3. The second kappa shape index (κ2) is 6.79. The fourth-order valence-corrected chi connectivity index (χ4v) is 5.91. The Balaban J connectivity index is 1.49. The van der Waals surface area contributed by atoms with Gasteiger partial charge in [0, 0.05) is 32.6 Å². The Bertz CT molecular complexity index is 2130. The van der Waals surface area contributed by atoms with Crippen molar-refractivity contribution in [3.63, 3.8) is 0 Å². The molecule has 0 unspecified atom stereocenters. The van der Waals surface area contributed by atoms with Crippen molar-refractivity contribution >= 4 is 65.7 Å². The number of para-hydroxylation sites is 2. The van der Waals surface area contributed by atoms with E-state index in [0.29, 0.717) is 0 Å². The van der Waals surface area contributed by atoms with Crippen LogP contribution >= 0.6 is 0 Å². The molecule has 0 aliphatic heterocycles. The molecule has 172 valence electrons. The summed E-state index contributed by atoms with van der Waals surface area (Å²) in [5, 5.41) is 6.92. The van der Waals surface area contributed by atoms with E-state index in [2.05, 4.69) is 110 Å². The summed E-state index contributed by atoms with van der Waals surface area (Å²) in [6.07, 6.45) is 0. The SMILES string of the molecule is Cc1cc2oc3ccc4c5cc(-n6c7ccccc7c7ccccc76)c(C)cc5oc4c3c2cc1C. The fourth-order valence-electron chi connectivity index (χ4n) is 5.91. The first kappa shape index (κ1) is 19.8. The fraction of sp³-hybridized carbons (Fsp3) is 0.0909. The number of hydrogen-bond acceptors (Lipinski definition) is 2. The highest BCUT2D eigenvalue weighted by Crippen LogP contribution is 2.42. The first-order valence-corrected chi connectivity index (χ1v) is 12.4. The highest BCUT2D eigenvalue weighted by Gasteiger charge is 2.19. The third kappa shape index (κ3) is 2.47. The van der Waals surface area contributed by atoms with Gasteiger partial charge < -0.3 is 13.4 Å². The first-order chi connectivity index (χ1) is 17.6. The maximum atomic E-state index is 6.56. The van der Waals surface area contributed by atoms with Gasteiger partial charge in [-0.25, -0.2) is 0 Å². The van der Waals surface area contributed by atoms with Gasteiger partial charge in [0.1, 0.15) is 22.3 Å². The molecular weight excluding hydrogens is 442 g/mol. The molecule has 3 nitrogen and oxygen atoms in total. The first-order valence-electron chi connectivity index (χ1n) is 12.4. The van der Waals surface area contributed by atoms with Gasteiger partial charge in [0.2, 0.25) is 0 Å². The van der Waals surface area contributed by atoms with Gasteiger partial charge in [-0.1, -0.05) is 36.4 Å². The van der Waals surface area contributed by atoms with E-state index in [-0.39, 0.29) is 0 Å². The molecule has 0 saturated heterocycles. The number of fused-ring (bicyclic) bond motifs is 10. The van der Waals surface area contributed by atoms with Crippen LogP contribution in [0.2, 0.25) is 0 Å². The van der Waals surface area contributed by atoms with Gasteiger partial charge in [-0.05, 0) is 86.0 Å². The molecule has 8 aromatic rings. The third-order valence-corrected chi connectivity index (χ3v) is 7.83. The van der Waals surface area contributed by atoms with Crippen LogP contribution < -0.4 is 0 Å². The average Bonchev–Trinajstić information content (AvgIpc) is 3.53. The van der Waals surface area contributed by atoms with Crippen molar-refractivity contribution in [3.05, 3.63) is 102 Å². The Labute approximate surface area is 207 Å². The molecule has 0 radical (unpaired) electrons. The van der Waals surface area contributed by atoms with Gasteiger partial charge in [0.25, 0.3) is 0 Å². The zero-order chi connectivity index (χ0) is 24.1. The summed E-state index contributed by atoms with van der Waals surface area (Å²) < 4.78 is 15.2. The van der Waals surface area contributed by atoms with Gasteiger partial charge >= 0.3 is 0 Å². The van der Waals surface area contributed by atoms with Crippen LogP contribution in [0.4, 0.5) is 0 Å². The Kier molecular flexibility index (Phi) is 3.73. The second-order valence-corrected chi connectivity index (χ2v) is 9.96. The van der Waals surface area contributed by atoms with Crippen LogP contribution in [0.15, 0.2) is 93.8 Å². The highest BCUT2D eigenvalue weighted by molar-refractivity contribution is 6.22. The number of furan rings is 2. The lowest BCUT2D eigenvalue weighted by molar-refractivity contribution is 0.662. The topological polar surface area (TPSA) is 31.2 Å². The lowest BCUT2D eigenvalue weighted by Gasteiger charge is -2.11.